The molecule has 19 rings (SSSR count). The minimum atomic E-state index is -0.563. The van der Waals surface area contributed by atoms with E-state index in [-0.39, 0.29) is 47.0 Å². The van der Waals surface area contributed by atoms with Gasteiger partial charge >= 0.3 is 0 Å². The van der Waals surface area contributed by atoms with E-state index in [2.05, 4.69) is 110 Å². The third-order valence-corrected chi connectivity index (χ3v) is 23.3. The van der Waals surface area contributed by atoms with Crippen molar-refractivity contribution < 1.29 is 33.6 Å². The molecule has 31 nitrogen and oxygen atoms in total. The molecule has 1 aliphatic heterocycles. The maximum Gasteiger partial charge on any atom is 0.203 e. The number of rotatable bonds is 44. The van der Waals surface area contributed by atoms with Crippen LogP contribution in [0.1, 0.15) is 140 Å². The van der Waals surface area contributed by atoms with E-state index in [4.69, 9.17) is 4.99 Å². The number of pyridine rings is 6. The number of Topliss-reactive ketones (excluding diaryl/α,β-unsaturated/α-hetero) is 7. The van der Waals surface area contributed by atoms with Gasteiger partial charge in [-0.15, -0.1) is 0 Å². The molecular formula is C118H124N24O7. The Morgan fingerprint density at radius 2 is 0.718 bits per heavy atom. The largest absolute Gasteiger partial charge is 0.381 e. The van der Waals surface area contributed by atoms with E-state index < -0.39 is 6.04 Å². The van der Waals surface area contributed by atoms with Crippen molar-refractivity contribution in [1.29, 1.82) is 0 Å². The molecule has 149 heavy (non-hydrogen) atoms. The van der Waals surface area contributed by atoms with Crippen molar-refractivity contribution in [2.45, 2.75) is 104 Å². The molecule has 0 spiro atoms. The van der Waals surface area contributed by atoms with E-state index in [0.717, 1.165) is 119 Å². The Morgan fingerprint density at radius 1 is 0.349 bits per heavy atom. The van der Waals surface area contributed by atoms with Gasteiger partial charge in [0.1, 0.15) is 6.04 Å². The average Bonchev–Trinajstić information content (AvgIpc) is 1.48. The van der Waals surface area contributed by atoms with E-state index in [1.165, 1.54) is 12.1 Å². The number of benzene rings is 6. The first-order valence-corrected chi connectivity index (χ1v) is 49.7. The molecule has 0 bridgehead atoms. The summed E-state index contributed by atoms with van der Waals surface area (Å²) < 4.78 is 0. The Balaban J connectivity index is 0.000000146. The van der Waals surface area contributed by atoms with Gasteiger partial charge < -0.3 is 60.1 Å². The number of anilines is 6. The van der Waals surface area contributed by atoms with Crippen molar-refractivity contribution in [1.82, 2.24) is 85.1 Å². The third-order valence-electron chi connectivity index (χ3n) is 23.3. The fourth-order valence-electron chi connectivity index (χ4n) is 15.8. The second-order valence-corrected chi connectivity index (χ2v) is 34.8. The fraction of sp³-hybridized carbons (Fsp3) is 0.212. The lowest BCUT2D eigenvalue weighted by atomic mass is 9.90. The van der Waals surface area contributed by atoms with Crippen molar-refractivity contribution in [3.05, 3.63) is 470 Å². The number of carbonyl (C=O) groups is 7. The van der Waals surface area contributed by atoms with Crippen molar-refractivity contribution in [2.24, 2.45) is 4.99 Å². The second-order valence-electron chi connectivity index (χ2n) is 34.8. The third kappa shape index (κ3) is 37.4. The minimum absolute atomic E-state index is 0.00217. The summed E-state index contributed by atoms with van der Waals surface area (Å²) in [6, 6.07) is 80.9. The maximum absolute atomic E-state index is 13.1. The Bertz CT molecular complexity index is 6670. The number of aromatic amines is 5. The van der Waals surface area contributed by atoms with Crippen LogP contribution in [0.3, 0.4) is 0 Å². The number of hydrogen-bond acceptors (Lipinski definition) is 26. The molecule has 2 aliphatic rings. The molecule has 1 atom stereocenters. The minimum Gasteiger partial charge on any atom is -0.381 e. The van der Waals surface area contributed by atoms with Crippen LogP contribution in [0.25, 0.3) is 5.57 Å². The zero-order valence-corrected chi connectivity index (χ0v) is 83.7. The Kier molecular flexibility index (Phi) is 44.2. The summed E-state index contributed by atoms with van der Waals surface area (Å²) in [6.07, 6.45) is 50.5. The quantitative estimate of drug-likeness (QED) is 0.0174. The van der Waals surface area contributed by atoms with Gasteiger partial charge in [-0.2, -0.15) is 0 Å². The molecule has 0 saturated carbocycles. The van der Waals surface area contributed by atoms with Crippen LogP contribution in [-0.2, 0) is 58.1 Å². The highest BCUT2D eigenvalue weighted by Gasteiger charge is 2.30. The predicted molar refractivity (Wildman–Crippen MR) is 585 cm³/mol. The van der Waals surface area contributed by atoms with Crippen molar-refractivity contribution in [3.63, 3.8) is 0 Å². The first-order chi connectivity index (χ1) is 73.2. The van der Waals surface area contributed by atoms with Gasteiger partial charge in [0.15, 0.2) is 40.5 Å². The van der Waals surface area contributed by atoms with Gasteiger partial charge in [-0.25, -0.2) is 24.9 Å². The highest BCUT2D eigenvalue weighted by Crippen LogP contribution is 2.32. The molecule has 31 heteroatoms. The number of unbranched alkanes of at least 4 members (excludes halogenated alkanes) is 2. The van der Waals surface area contributed by atoms with Gasteiger partial charge in [0, 0.05) is 228 Å². The molecule has 12 heterocycles. The van der Waals surface area contributed by atoms with E-state index in [9.17, 15) is 33.6 Å². The van der Waals surface area contributed by atoms with Crippen molar-refractivity contribution in [3.8, 4) is 0 Å². The van der Waals surface area contributed by atoms with E-state index in [1.807, 2.05) is 249 Å². The molecule has 11 aromatic heterocycles. The zero-order chi connectivity index (χ0) is 104. The number of nitrogens with one attached hydrogen (secondary N) is 7. The van der Waals surface area contributed by atoms with E-state index in [0.29, 0.717) is 118 Å². The highest BCUT2D eigenvalue weighted by molar-refractivity contribution is 6.30. The maximum atomic E-state index is 13.1. The van der Waals surface area contributed by atoms with Gasteiger partial charge in [0.25, 0.3) is 0 Å². The number of H-pyrrole nitrogens is 5. The standard InChI is InChI=1S/C23H19N3O.2C18H18N4O.C17H16N4O.C16H21N3O.C14H18N4O.C12H14N2O/c27-23-21(17-8-3-1-4-9-17)14-20(16-25-19-11-5-2-6-12-19)26-22(23)18-10-7-13-24-15-18;23-17(11-15-5-2-1-3-6-15)14-22(18-20-9-10-21-18)13-16-7-4-8-19-12-16;23-17(12-15-6-8-19-9-7-15)14-22(18-20-10-11-21-18)13-16-4-2-1-3-5-16;22-16(15-7-4-8-18-11-15)13-21(17-19-9-10-20-17)12-14-5-2-1-3-6-14;1-2-3-11-19(16-17-9-10-18-16)13-15(20)12-14-7-5-4-6-8-14;1-2-3-9-18(14-16-7-8-17-14)11-13(19)12-5-4-6-15-10-12;15-12(10-4-3-7-13-8-10)9-14-11-5-1-2-6-11/h1-15,22,25H,16H2;1-10,12H,11,13-14H2,(H,20,21);1-11H,12-14H2,(H,20,21);1-11H,12-13H2,(H,19,20);4-10H,2-3,11-13H2,1H3,(H,17,18);4-8,10H,2-3,9,11H2,1H3,(H,16,17);3-5,7-8,14H,1-2,6,9H2. The molecule has 0 saturated heterocycles. The first kappa shape index (κ1) is 108. The summed E-state index contributed by atoms with van der Waals surface area (Å²) >= 11 is 0. The van der Waals surface area contributed by atoms with Gasteiger partial charge in [0.05, 0.1) is 51.5 Å². The summed E-state index contributed by atoms with van der Waals surface area (Å²) in [6.45, 7) is 10.3. The van der Waals surface area contributed by atoms with Crippen LogP contribution in [-0.4, -0.2) is 185 Å². The Labute approximate surface area is 868 Å². The van der Waals surface area contributed by atoms with Gasteiger partial charge in [-0.05, 0) is 150 Å². The van der Waals surface area contributed by atoms with E-state index >= 15 is 0 Å². The van der Waals surface area contributed by atoms with Crippen LogP contribution in [0.15, 0.2) is 414 Å². The first-order valence-electron chi connectivity index (χ1n) is 49.7. The molecule has 17 aromatic rings. The van der Waals surface area contributed by atoms with Crippen LogP contribution < -0.4 is 35.1 Å². The van der Waals surface area contributed by atoms with Crippen LogP contribution in [0.4, 0.5) is 35.4 Å². The van der Waals surface area contributed by atoms with Crippen molar-refractivity contribution >= 4 is 87.2 Å². The van der Waals surface area contributed by atoms with Gasteiger partial charge in [-0.1, -0.05) is 215 Å². The normalized spacial score (nSPS) is 11.9. The number of imidazole rings is 5. The fourth-order valence-corrected chi connectivity index (χ4v) is 15.8. The molecule has 0 radical (unpaired) electrons. The molecule has 1 aliphatic carbocycles. The summed E-state index contributed by atoms with van der Waals surface area (Å²) in [5.74, 6) is 4.26. The summed E-state index contributed by atoms with van der Waals surface area (Å²) in [4.78, 5) is 162. The Morgan fingerprint density at radius 3 is 1.12 bits per heavy atom. The molecule has 1 unspecified atom stereocenters. The molecular weight excluding hydrogens is 1870 g/mol. The predicted octanol–water partition coefficient (Wildman–Crippen LogP) is 19.3. The number of para-hydroxylation sites is 1. The lowest BCUT2D eigenvalue weighted by molar-refractivity contribution is -0.118. The molecule has 0 fully saturated rings. The number of dihydropyridines is 1. The van der Waals surface area contributed by atoms with E-state index in [1.54, 1.807) is 173 Å². The lowest BCUT2D eigenvalue weighted by Crippen LogP contribution is -2.32. The lowest BCUT2D eigenvalue weighted by Gasteiger charge is -2.21. The number of ketones is 7. The van der Waals surface area contributed by atoms with Crippen LogP contribution in [0.5, 0.6) is 0 Å². The average molecular weight is 1990 g/mol. The smallest absolute Gasteiger partial charge is 0.203 e. The SMILES string of the molecule is CCCCN(CC(=O)Cc1ccccc1)c1ncc[nH]1.CCCCN(CC(=O)c1cccnc1)c1ncc[nH]1.O=C(CN(Cc1ccccc1)c1ncc[nH]1)c1cccnc1.O=C(CNC1=CCCC1)c1cccnc1.O=C(Cc1ccccc1)CN(Cc1cccnc1)c1ncc[nH]1.O=C(Cc1ccncc1)CN(Cc1ccccc1)c1ncc[nH]1.O=C1C(c2ccccc2)=CC(CNc2ccccc2)=NC1c1cccnc1. The Hall–Kier alpha value is -18.3. The zero-order valence-electron chi connectivity index (χ0n) is 83.7. The molecule has 6 aromatic carbocycles. The number of aromatic nitrogens is 16. The number of aliphatic imine (C=N–C) groups is 1. The van der Waals surface area contributed by atoms with Crippen LogP contribution in [0.2, 0.25) is 0 Å². The number of hydrogen-bond donors (Lipinski definition) is 7. The van der Waals surface area contributed by atoms with Gasteiger partial charge in [-0.3, -0.25) is 68.5 Å². The topological polar surface area (TPSA) is 393 Å². The highest BCUT2D eigenvalue weighted by atomic mass is 16.2. The number of allylic oxidation sites excluding steroid dienone is 2. The summed E-state index contributed by atoms with van der Waals surface area (Å²) in [5.41, 5.74) is 13.7. The van der Waals surface area contributed by atoms with Crippen LogP contribution in [0, 0.1) is 0 Å². The molecule has 0 amide bonds. The summed E-state index contributed by atoms with van der Waals surface area (Å²) in [7, 11) is 0. The summed E-state index contributed by atoms with van der Waals surface area (Å²) in [5, 5.41) is 6.53. The van der Waals surface area contributed by atoms with Crippen molar-refractivity contribution in [2.75, 3.05) is 88.7 Å². The number of nitrogens with zero attached hydrogens (tertiary/aromatic N) is 17. The number of carbonyl (C=O) groups excluding carboxylic acids is 7. The second kappa shape index (κ2) is 61.0. The monoisotopic (exact) mass is 1990 g/mol. The molecule has 758 valence electrons. The molecule has 7 N–H and O–H groups in total. The van der Waals surface area contributed by atoms with Gasteiger partial charge in [0.2, 0.25) is 29.7 Å². The van der Waals surface area contributed by atoms with Crippen LogP contribution >= 0.6 is 0 Å².